The number of aromatic nitrogens is 2. The summed E-state index contributed by atoms with van der Waals surface area (Å²) in [5.41, 5.74) is 0.822. The van der Waals surface area contributed by atoms with Crippen molar-refractivity contribution in [2.45, 2.75) is 51.5 Å². The topological polar surface area (TPSA) is 54.9 Å². The van der Waals surface area contributed by atoms with Gasteiger partial charge in [-0.25, -0.2) is 0 Å². The Kier molecular flexibility index (Phi) is 5.58. The second-order valence-electron chi connectivity index (χ2n) is 5.08. The molecule has 1 aromatic rings. The lowest BCUT2D eigenvalue weighted by Gasteiger charge is -2.30. The summed E-state index contributed by atoms with van der Waals surface area (Å²) in [4.78, 5) is 13.0. The molecule has 2 unspecified atom stereocenters. The Labute approximate surface area is 123 Å². The monoisotopic (exact) mass is 301 g/mol. The Morgan fingerprint density at radius 2 is 2.26 bits per heavy atom. The van der Waals surface area contributed by atoms with E-state index < -0.39 is 0 Å². The first-order valence-corrected chi connectivity index (χ1v) is 8.25. The second kappa shape index (κ2) is 7.20. The van der Waals surface area contributed by atoms with Crippen molar-refractivity contribution in [3.63, 3.8) is 0 Å². The molecule has 2 rings (SSSR count). The number of hydrogen-bond donors (Lipinski definition) is 1. The normalized spacial score (nSPS) is 23.3. The van der Waals surface area contributed by atoms with Crippen LogP contribution in [0.5, 0.6) is 0 Å². The van der Waals surface area contributed by atoms with E-state index in [0.717, 1.165) is 31.4 Å². The fourth-order valence-corrected chi connectivity index (χ4v) is 3.58. The van der Waals surface area contributed by atoms with Gasteiger partial charge in [-0.2, -0.15) is 0 Å². The highest BCUT2D eigenvalue weighted by Crippen LogP contribution is 2.26. The smallest absolute Gasteiger partial charge is 0.265 e. The number of halogens is 1. The molecule has 1 heterocycles. The molecule has 1 aliphatic carbocycles. The van der Waals surface area contributed by atoms with Crippen LogP contribution in [0.2, 0.25) is 0 Å². The van der Waals surface area contributed by atoms with Crippen LogP contribution >= 0.6 is 23.1 Å². The highest BCUT2D eigenvalue weighted by atomic mass is 35.5. The molecule has 106 valence electrons. The molecular formula is C13H20ClN3OS. The predicted octanol–water partition coefficient (Wildman–Crippen LogP) is 3.02. The molecule has 4 nitrogen and oxygen atoms in total. The SMILES string of the molecule is CCCc1nnsc1C(=O)NC1CCCCC1CCl. The van der Waals surface area contributed by atoms with E-state index >= 15 is 0 Å². The number of aryl methyl sites for hydroxylation is 1. The highest BCUT2D eigenvalue weighted by molar-refractivity contribution is 7.08. The van der Waals surface area contributed by atoms with Crippen LogP contribution < -0.4 is 5.32 Å². The third kappa shape index (κ3) is 3.66. The minimum atomic E-state index is -0.0273. The average molecular weight is 302 g/mol. The zero-order valence-electron chi connectivity index (χ0n) is 11.2. The molecular weight excluding hydrogens is 282 g/mol. The van der Waals surface area contributed by atoms with Crippen molar-refractivity contribution in [2.75, 3.05) is 5.88 Å². The van der Waals surface area contributed by atoms with Gasteiger partial charge in [-0.3, -0.25) is 4.79 Å². The number of carbonyl (C=O) groups is 1. The summed E-state index contributed by atoms with van der Waals surface area (Å²) in [6, 6.07) is 0.204. The molecule has 1 N–H and O–H groups in total. The van der Waals surface area contributed by atoms with Crippen molar-refractivity contribution >= 4 is 29.0 Å². The lowest BCUT2D eigenvalue weighted by atomic mass is 9.85. The summed E-state index contributed by atoms with van der Waals surface area (Å²) in [6.07, 6.45) is 6.30. The van der Waals surface area contributed by atoms with Gasteiger partial charge >= 0.3 is 0 Å². The van der Waals surface area contributed by atoms with Crippen LogP contribution in [0, 0.1) is 5.92 Å². The van der Waals surface area contributed by atoms with E-state index in [1.807, 2.05) is 0 Å². The van der Waals surface area contributed by atoms with Gasteiger partial charge in [0.15, 0.2) is 0 Å². The summed E-state index contributed by atoms with van der Waals surface area (Å²) < 4.78 is 3.90. The number of nitrogens with zero attached hydrogens (tertiary/aromatic N) is 2. The number of amides is 1. The number of alkyl halides is 1. The first kappa shape index (κ1) is 14.7. The molecule has 0 bridgehead atoms. The van der Waals surface area contributed by atoms with Crippen molar-refractivity contribution in [1.82, 2.24) is 14.9 Å². The zero-order valence-corrected chi connectivity index (χ0v) is 12.8. The fourth-order valence-electron chi connectivity index (χ4n) is 2.60. The van der Waals surface area contributed by atoms with E-state index in [0.29, 0.717) is 16.7 Å². The van der Waals surface area contributed by atoms with E-state index in [1.165, 1.54) is 24.4 Å². The Morgan fingerprint density at radius 3 is 3.00 bits per heavy atom. The van der Waals surface area contributed by atoms with Crippen molar-refractivity contribution in [2.24, 2.45) is 5.92 Å². The average Bonchev–Trinajstić information content (AvgIpc) is 2.88. The van der Waals surface area contributed by atoms with Crippen molar-refractivity contribution in [1.29, 1.82) is 0 Å². The van der Waals surface area contributed by atoms with Gasteiger partial charge in [-0.1, -0.05) is 30.7 Å². The lowest BCUT2D eigenvalue weighted by molar-refractivity contribution is 0.0914. The van der Waals surface area contributed by atoms with Crippen molar-refractivity contribution < 1.29 is 4.79 Å². The predicted molar refractivity (Wildman–Crippen MR) is 77.8 cm³/mol. The van der Waals surface area contributed by atoms with Gasteiger partial charge in [0.1, 0.15) is 4.88 Å². The first-order chi connectivity index (χ1) is 9.26. The van der Waals surface area contributed by atoms with Gasteiger partial charge < -0.3 is 5.32 Å². The third-order valence-corrected chi connectivity index (χ3v) is 4.84. The van der Waals surface area contributed by atoms with E-state index in [2.05, 4.69) is 21.8 Å². The van der Waals surface area contributed by atoms with Gasteiger partial charge in [-0.05, 0) is 36.7 Å². The molecule has 0 aliphatic heterocycles. The summed E-state index contributed by atoms with van der Waals surface area (Å²) >= 11 is 7.18. The summed E-state index contributed by atoms with van der Waals surface area (Å²) in [7, 11) is 0. The molecule has 0 saturated heterocycles. The number of nitrogens with one attached hydrogen (secondary N) is 1. The van der Waals surface area contributed by atoms with E-state index in [-0.39, 0.29) is 11.9 Å². The van der Waals surface area contributed by atoms with Gasteiger partial charge in [0.25, 0.3) is 5.91 Å². The number of carbonyl (C=O) groups excluding carboxylic acids is 1. The van der Waals surface area contributed by atoms with Crippen molar-refractivity contribution in [3.05, 3.63) is 10.6 Å². The Hall–Kier alpha value is -0.680. The molecule has 0 radical (unpaired) electrons. The van der Waals surface area contributed by atoms with Gasteiger partial charge in [0.2, 0.25) is 0 Å². The maximum Gasteiger partial charge on any atom is 0.265 e. The van der Waals surface area contributed by atoms with E-state index in [1.54, 1.807) is 0 Å². The molecule has 1 aliphatic rings. The van der Waals surface area contributed by atoms with Crippen LogP contribution in [-0.4, -0.2) is 27.4 Å². The summed E-state index contributed by atoms with van der Waals surface area (Å²) in [6.45, 7) is 2.08. The van der Waals surface area contributed by atoms with Crippen LogP contribution in [0.25, 0.3) is 0 Å². The van der Waals surface area contributed by atoms with Gasteiger partial charge in [0, 0.05) is 11.9 Å². The summed E-state index contributed by atoms with van der Waals surface area (Å²) in [5.74, 6) is 0.989. The van der Waals surface area contributed by atoms with Gasteiger partial charge in [-0.15, -0.1) is 16.7 Å². The van der Waals surface area contributed by atoms with Gasteiger partial charge in [0.05, 0.1) is 5.69 Å². The summed E-state index contributed by atoms with van der Waals surface area (Å²) in [5, 5.41) is 7.17. The van der Waals surface area contributed by atoms with Crippen LogP contribution in [0.4, 0.5) is 0 Å². The molecule has 0 spiro atoms. The molecule has 6 heteroatoms. The van der Waals surface area contributed by atoms with E-state index in [9.17, 15) is 4.79 Å². The Balaban J connectivity index is 2.01. The minimum Gasteiger partial charge on any atom is -0.348 e. The quantitative estimate of drug-likeness (QED) is 0.851. The van der Waals surface area contributed by atoms with E-state index in [4.69, 9.17) is 11.6 Å². The molecule has 19 heavy (non-hydrogen) atoms. The number of rotatable bonds is 5. The van der Waals surface area contributed by atoms with Crippen LogP contribution in [0.1, 0.15) is 54.4 Å². The Bertz CT molecular complexity index is 424. The standard InChI is InChI=1S/C13H20ClN3OS/c1-2-5-11-12(19-17-16-11)13(18)15-10-7-4-3-6-9(10)8-14/h9-10H,2-8H2,1H3,(H,15,18). The van der Waals surface area contributed by atoms with Crippen LogP contribution in [0.3, 0.4) is 0 Å². The molecule has 1 fully saturated rings. The molecule has 1 saturated carbocycles. The Morgan fingerprint density at radius 1 is 1.47 bits per heavy atom. The lowest BCUT2D eigenvalue weighted by Crippen LogP contribution is -2.42. The first-order valence-electron chi connectivity index (χ1n) is 6.94. The third-order valence-electron chi connectivity index (χ3n) is 3.67. The zero-order chi connectivity index (χ0) is 13.7. The molecule has 0 aromatic carbocycles. The number of hydrogen-bond acceptors (Lipinski definition) is 4. The van der Waals surface area contributed by atoms with Crippen LogP contribution in [0.15, 0.2) is 0 Å². The maximum absolute atomic E-state index is 12.3. The molecule has 2 atom stereocenters. The molecule has 1 amide bonds. The fraction of sp³-hybridized carbons (Fsp3) is 0.769. The maximum atomic E-state index is 12.3. The molecule has 1 aromatic heterocycles. The largest absolute Gasteiger partial charge is 0.348 e. The minimum absolute atomic E-state index is 0.0273. The van der Waals surface area contributed by atoms with Crippen LogP contribution in [-0.2, 0) is 6.42 Å². The second-order valence-corrected chi connectivity index (χ2v) is 6.14. The van der Waals surface area contributed by atoms with Crippen molar-refractivity contribution in [3.8, 4) is 0 Å². The highest BCUT2D eigenvalue weighted by Gasteiger charge is 2.27.